The van der Waals surface area contributed by atoms with E-state index in [0.29, 0.717) is 16.7 Å². The van der Waals surface area contributed by atoms with Crippen molar-refractivity contribution in [1.29, 1.82) is 0 Å². The summed E-state index contributed by atoms with van der Waals surface area (Å²) in [5.74, 6) is 0. The predicted octanol–water partition coefficient (Wildman–Crippen LogP) is 6.57. The number of halogens is 7. The number of hydrogen-bond donors (Lipinski definition) is 1. The van der Waals surface area contributed by atoms with Crippen LogP contribution in [0.4, 0.5) is 32.0 Å². The van der Waals surface area contributed by atoms with Gasteiger partial charge in [-0.3, -0.25) is 5.01 Å². The van der Waals surface area contributed by atoms with Crippen LogP contribution in [0.3, 0.4) is 0 Å². The molecule has 1 N–H and O–H groups in total. The van der Waals surface area contributed by atoms with Gasteiger partial charge in [0.25, 0.3) is 5.60 Å². The number of anilines is 1. The topological polar surface area (TPSA) is 70.0 Å². The number of hydrazone groups is 1. The second-order valence-corrected chi connectivity index (χ2v) is 11.1. The number of para-hydroxylation sites is 1. The molecule has 202 valence electrons. The fraction of sp³-hybridized carbons (Fsp3) is 0.240. The van der Waals surface area contributed by atoms with Crippen LogP contribution >= 0.6 is 11.6 Å². The highest BCUT2D eigenvalue weighted by Gasteiger charge is 2.74. The average molecular weight is 577 g/mol. The SMILES string of the molecule is CS(=O)(=O)c1cccc(-c2ccc(C3CC(C(O)(C(F)(F)F)C(F)(F)F)=NN3c3ccccc3Cl)cc2)c1. The largest absolute Gasteiger partial charge is 0.431 e. The second kappa shape index (κ2) is 9.58. The van der Waals surface area contributed by atoms with Gasteiger partial charge in [0.2, 0.25) is 0 Å². The van der Waals surface area contributed by atoms with E-state index in [9.17, 15) is 39.9 Å². The third-order valence-corrected chi connectivity index (χ3v) is 7.57. The monoisotopic (exact) mass is 576 g/mol. The van der Waals surface area contributed by atoms with E-state index < -0.39 is 46.0 Å². The van der Waals surface area contributed by atoms with E-state index in [1.54, 1.807) is 24.3 Å². The van der Waals surface area contributed by atoms with Crippen molar-refractivity contribution in [3.05, 3.63) is 83.4 Å². The van der Waals surface area contributed by atoms with Crippen LogP contribution in [0.15, 0.2) is 82.8 Å². The van der Waals surface area contributed by atoms with Crippen LogP contribution in [0.2, 0.25) is 5.02 Å². The molecule has 0 saturated carbocycles. The Hall–Kier alpha value is -3.09. The van der Waals surface area contributed by atoms with E-state index >= 15 is 0 Å². The van der Waals surface area contributed by atoms with Crippen molar-refractivity contribution in [2.24, 2.45) is 5.10 Å². The summed E-state index contributed by atoms with van der Waals surface area (Å²) >= 11 is 6.19. The summed E-state index contributed by atoms with van der Waals surface area (Å²) in [6.07, 6.45) is -12.0. The minimum absolute atomic E-state index is 0.0271. The molecule has 38 heavy (non-hydrogen) atoms. The average Bonchev–Trinajstić information content (AvgIpc) is 3.27. The maximum absolute atomic E-state index is 13.6. The fourth-order valence-corrected chi connectivity index (χ4v) is 5.03. The normalized spacial score (nSPS) is 17.0. The zero-order chi connectivity index (χ0) is 28.1. The molecule has 13 heteroatoms. The Labute approximate surface area is 218 Å². The van der Waals surface area contributed by atoms with Crippen molar-refractivity contribution >= 4 is 32.8 Å². The highest BCUT2D eigenvalue weighted by atomic mass is 35.5. The summed E-state index contributed by atoms with van der Waals surface area (Å²) in [4.78, 5) is 0.0800. The first-order valence-electron chi connectivity index (χ1n) is 10.9. The number of nitrogens with zero attached hydrogens (tertiary/aromatic N) is 2. The molecule has 0 bridgehead atoms. The fourth-order valence-electron chi connectivity index (χ4n) is 4.14. The first-order chi connectivity index (χ1) is 17.5. The van der Waals surface area contributed by atoms with E-state index in [2.05, 4.69) is 5.10 Å². The molecule has 1 aliphatic rings. The van der Waals surface area contributed by atoms with E-state index in [1.807, 2.05) is 0 Å². The van der Waals surface area contributed by atoms with Crippen molar-refractivity contribution in [3.63, 3.8) is 0 Å². The molecular weight excluding hydrogens is 558 g/mol. The molecule has 3 aromatic rings. The number of sulfone groups is 1. The number of benzene rings is 3. The Bertz CT molecular complexity index is 1470. The molecule has 4 rings (SSSR count). The smallest absolute Gasteiger partial charge is 0.369 e. The summed E-state index contributed by atoms with van der Waals surface area (Å²) in [5, 5.41) is 14.5. The number of hydrogen-bond acceptors (Lipinski definition) is 5. The third-order valence-electron chi connectivity index (χ3n) is 6.14. The van der Waals surface area contributed by atoms with Crippen molar-refractivity contribution in [1.82, 2.24) is 0 Å². The maximum atomic E-state index is 13.6. The first-order valence-corrected chi connectivity index (χ1v) is 13.2. The van der Waals surface area contributed by atoms with Crippen molar-refractivity contribution in [2.45, 2.75) is 35.3 Å². The molecule has 0 amide bonds. The molecule has 0 aromatic heterocycles. The number of alkyl halides is 6. The molecule has 0 radical (unpaired) electrons. The van der Waals surface area contributed by atoms with Gasteiger partial charge in [0, 0.05) is 12.7 Å². The number of aliphatic hydroxyl groups is 1. The Morgan fingerprint density at radius 3 is 2.05 bits per heavy atom. The van der Waals surface area contributed by atoms with E-state index in [1.165, 1.54) is 48.5 Å². The molecule has 5 nitrogen and oxygen atoms in total. The van der Waals surface area contributed by atoms with Crippen molar-refractivity contribution < 1.29 is 39.9 Å². The van der Waals surface area contributed by atoms with Gasteiger partial charge in [-0.1, -0.05) is 60.1 Å². The Kier molecular flexibility index (Phi) is 7.04. The van der Waals surface area contributed by atoms with Gasteiger partial charge in [0.1, 0.15) is 0 Å². The minimum Gasteiger partial charge on any atom is -0.369 e. The second-order valence-electron chi connectivity index (χ2n) is 8.69. The molecule has 1 aliphatic heterocycles. The minimum atomic E-state index is -6.08. The predicted molar refractivity (Wildman–Crippen MR) is 131 cm³/mol. The van der Waals surface area contributed by atoms with Crippen molar-refractivity contribution in [2.75, 3.05) is 11.3 Å². The van der Waals surface area contributed by atoms with Crippen LogP contribution in [0.1, 0.15) is 18.0 Å². The van der Waals surface area contributed by atoms with Crippen LogP contribution < -0.4 is 5.01 Å². The Balaban J connectivity index is 1.78. The molecule has 0 aliphatic carbocycles. The van der Waals surface area contributed by atoms with Crippen LogP contribution in [-0.4, -0.2) is 43.4 Å². The number of rotatable bonds is 5. The van der Waals surface area contributed by atoms with Crippen LogP contribution in [0, 0.1) is 0 Å². The van der Waals surface area contributed by atoms with E-state index in [-0.39, 0.29) is 15.6 Å². The molecule has 1 heterocycles. The van der Waals surface area contributed by atoms with Gasteiger partial charge >= 0.3 is 12.4 Å². The van der Waals surface area contributed by atoms with Crippen LogP contribution in [-0.2, 0) is 9.84 Å². The van der Waals surface area contributed by atoms with Gasteiger partial charge in [-0.15, -0.1) is 0 Å². The molecule has 0 fully saturated rings. The summed E-state index contributed by atoms with van der Waals surface area (Å²) in [6.45, 7) is 0. The van der Waals surface area contributed by atoms with Gasteiger partial charge in [0.15, 0.2) is 9.84 Å². The summed E-state index contributed by atoms with van der Waals surface area (Å²) in [5.41, 5.74) is -5.25. The molecular formula is C25H19ClF6N2O3S. The standard InChI is InChI=1S/C25H19ClF6N2O3S/c1-38(36,37)18-6-4-5-17(13-18)15-9-11-16(12-10-15)21-14-22(23(35,24(27,28)29)25(30,31)32)33-34(21)20-8-3-2-7-19(20)26/h2-13,21,35H,14H2,1H3. The van der Waals surface area contributed by atoms with Gasteiger partial charge in [-0.25, -0.2) is 8.42 Å². The highest BCUT2D eigenvalue weighted by molar-refractivity contribution is 7.90. The zero-order valence-electron chi connectivity index (χ0n) is 19.4. The first kappa shape index (κ1) is 27.9. The van der Waals surface area contributed by atoms with Gasteiger partial charge in [0.05, 0.1) is 27.4 Å². The van der Waals surface area contributed by atoms with Crippen molar-refractivity contribution in [3.8, 4) is 11.1 Å². The Morgan fingerprint density at radius 2 is 1.50 bits per heavy atom. The lowest BCUT2D eigenvalue weighted by Crippen LogP contribution is -2.62. The lowest BCUT2D eigenvalue weighted by molar-refractivity contribution is -0.338. The lowest BCUT2D eigenvalue weighted by Gasteiger charge is -2.32. The van der Waals surface area contributed by atoms with Gasteiger partial charge < -0.3 is 5.11 Å². The van der Waals surface area contributed by atoms with Crippen LogP contribution in [0.5, 0.6) is 0 Å². The molecule has 0 saturated heterocycles. The third kappa shape index (κ3) is 4.99. The van der Waals surface area contributed by atoms with Gasteiger partial charge in [-0.2, -0.15) is 31.4 Å². The zero-order valence-corrected chi connectivity index (χ0v) is 21.0. The van der Waals surface area contributed by atoms with E-state index in [4.69, 9.17) is 11.6 Å². The highest BCUT2D eigenvalue weighted by Crippen LogP contribution is 2.49. The lowest BCUT2D eigenvalue weighted by atomic mass is 9.89. The molecule has 1 atom stereocenters. The summed E-state index contributed by atoms with van der Waals surface area (Å²) in [7, 11) is -3.48. The molecule has 3 aromatic carbocycles. The summed E-state index contributed by atoms with van der Waals surface area (Å²) in [6, 6.07) is 16.8. The maximum Gasteiger partial charge on any atom is 0.431 e. The van der Waals surface area contributed by atoms with E-state index in [0.717, 1.165) is 11.3 Å². The Morgan fingerprint density at radius 1 is 0.895 bits per heavy atom. The van der Waals surface area contributed by atoms with Gasteiger partial charge in [-0.05, 0) is 41.0 Å². The quantitative estimate of drug-likeness (QED) is 0.349. The molecule has 0 spiro atoms. The van der Waals surface area contributed by atoms with Crippen LogP contribution in [0.25, 0.3) is 11.1 Å². The summed E-state index contributed by atoms with van der Waals surface area (Å²) < 4.78 is 105. The molecule has 1 unspecified atom stereocenters.